The number of anilines is 2. The van der Waals surface area contributed by atoms with E-state index in [0.717, 1.165) is 31.5 Å². The molecule has 19 heavy (non-hydrogen) atoms. The van der Waals surface area contributed by atoms with Crippen molar-refractivity contribution >= 4 is 17.3 Å². The monoisotopic (exact) mass is 260 g/mol. The van der Waals surface area contributed by atoms with Crippen molar-refractivity contribution in [3.63, 3.8) is 0 Å². The zero-order valence-corrected chi connectivity index (χ0v) is 11.8. The minimum Gasteiger partial charge on any atom is -0.385 e. The number of hydrogen-bond acceptors (Lipinski definition) is 2. The predicted octanol–water partition coefficient (Wildman–Crippen LogP) is 3.95. The van der Waals surface area contributed by atoms with Crippen molar-refractivity contribution in [1.82, 2.24) is 0 Å². The molecule has 0 radical (unpaired) electrons. The van der Waals surface area contributed by atoms with Gasteiger partial charge in [0.15, 0.2) is 0 Å². The quantitative estimate of drug-likeness (QED) is 0.760. The molecule has 3 heteroatoms. The number of aryl methyl sites for hydroxylation is 1. The molecule has 1 heterocycles. The fourth-order valence-electron chi connectivity index (χ4n) is 2.49. The Morgan fingerprint density at radius 1 is 1.32 bits per heavy atom. The fourth-order valence-corrected chi connectivity index (χ4v) is 2.49. The Hall–Kier alpha value is -1.51. The summed E-state index contributed by atoms with van der Waals surface area (Å²) in [7, 11) is 0. The van der Waals surface area contributed by atoms with Crippen LogP contribution < -0.4 is 10.6 Å². The van der Waals surface area contributed by atoms with Gasteiger partial charge in [-0.15, -0.1) is 0 Å². The molecule has 104 valence electrons. The molecule has 0 aromatic heterocycles. The van der Waals surface area contributed by atoms with Gasteiger partial charge in [-0.25, -0.2) is 0 Å². The van der Waals surface area contributed by atoms with Gasteiger partial charge in [0.25, 0.3) is 0 Å². The zero-order chi connectivity index (χ0) is 13.5. The summed E-state index contributed by atoms with van der Waals surface area (Å²) in [5.74, 6) is 0.139. The molecule has 1 amide bonds. The van der Waals surface area contributed by atoms with Gasteiger partial charge in [0.2, 0.25) is 5.91 Å². The highest BCUT2D eigenvalue weighted by atomic mass is 16.1. The summed E-state index contributed by atoms with van der Waals surface area (Å²) >= 11 is 0. The summed E-state index contributed by atoms with van der Waals surface area (Å²) in [4.78, 5) is 11.8. The molecule has 1 aliphatic rings. The van der Waals surface area contributed by atoms with E-state index in [-0.39, 0.29) is 5.91 Å². The normalized spacial score (nSPS) is 13.5. The number of hydrogen-bond donors (Lipinski definition) is 2. The van der Waals surface area contributed by atoms with E-state index in [4.69, 9.17) is 0 Å². The summed E-state index contributed by atoms with van der Waals surface area (Å²) < 4.78 is 0. The lowest BCUT2D eigenvalue weighted by Crippen LogP contribution is -2.14. The van der Waals surface area contributed by atoms with E-state index in [9.17, 15) is 4.79 Å². The first-order chi connectivity index (χ1) is 9.29. The molecule has 0 fully saturated rings. The Balaban J connectivity index is 1.83. The topological polar surface area (TPSA) is 41.1 Å². The van der Waals surface area contributed by atoms with Gasteiger partial charge in [0.1, 0.15) is 0 Å². The van der Waals surface area contributed by atoms with Crippen LogP contribution in [0.5, 0.6) is 0 Å². The maximum absolute atomic E-state index is 11.8. The van der Waals surface area contributed by atoms with E-state index in [0.29, 0.717) is 6.42 Å². The SMILES string of the molecule is CCCCCCC(=O)Nc1ccc2c(c1)CCCN2. The molecule has 0 saturated heterocycles. The number of nitrogens with one attached hydrogen (secondary N) is 2. The first kappa shape index (κ1) is 13.9. The lowest BCUT2D eigenvalue weighted by Gasteiger charge is -2.18. The van der Waals surface area contributed by atoms with Gasteiger partial charge in [-0.2, -0.15) is 0 Å². The minimum absolute atomic E-state index is 0.139. The van der Waals surface area contributed by atoms with Crippen LogP contribution in [0.15, 0.2) is 18.2 Å². The van der Waals surface area contributed by atoms with Crippen LogP contribution in [0, 0.1) is 0 Å². The van der Waals surface area contributed by atoms with Gasteiger partial charge < -0.3 is 10.6 Å². The van der Waals surface area contributed by atoms with Gasteiger partial charge in [-0.3, -0.25) is 4.79 Å². The lowest BCUT2D eigenvalue weighted by molar-refractivity contribution is -0.116. The molecule has 2 N–H and O–H groups in total. The molecule has 1 aromatic rings. The molecule has 0 spiro atoms. The number of fused-ring (bicyclic) bond motifs is 1. The molecule has 2 rings (SSSR count). The Kier molecular flexibility index (Phi) is 5.25. The molecule has 1 aromatic carbocycles. The standard InChI is InChI=1S/C16H24N2O/c1-2-3-4-5-8-16(19)18-14-9-10-15-13(12-14)7-6-11-17-15/h9-10,12,17H,2-8,11H2,1H3,(H,18,19). The molecule has 3 nitrogen and oxygen atoms in total. The van der Waals surface area contributed by atoms with Crippen molar-refractivity contribution in [2.45, 2.75) is 51.9 Å². The Bertz CT molecular complexity index is 429. The third kappa shape index (κ3) is 4.27. The first-order valence-corrected chi connectivity index (χ1v) is 7.46. The van der Waals surface area contributed by atoms with Crippen molar-refractivity contribution in [2.75, 3.05) is 17.2 Å². The summed E-state index contributed by atoms with van der Waals surface area (Å²) in [6.07, 6.45) is 7.47. The van der Waals surface area contributed by atoms with Crippen LogP contribution in [-0.4, -0.2) is 12.5 Å². The van der Waals surface area contributed by atoms with Crippen LogP contribution in [0.1, 0.15) is 51.0 Å². The largest absolute Gasteiger partial charge is 0.385 e. The lowest BCUT2D eigenvalue weighted by atomic mass is 10.0. The van der Waals surface area contributed by atoms with E-state index < -0.39 is 0 Å². The second-order valence-electron chi connectivity index (χ2n) is 5.26. The van der Waals surface area contributed by atoms with E-state index in [2.05, 4.69) is 29.7 Å². The maximum atomic E-state index is 11.8. The highest BCUT2D eigenvalue weighted by Gasteiger charge is 2.09. The third-order valence-electron chi connectivity index (χ3n) is 3.58. The van der Waals surface area contributed by atoms with Crippen LogP contribution in [0.4, 0.5) is 11.4 Å². The van der Waals surface area contributed by atoms with Crippen LogP contribution in [0.2, 0.25) is 0 Å². The molecule has 0 aliphatic carbocycles. The van der Waals surface area contributed by atoms with E-state index in [1.54, 1.807) is 0 Å². The van der Waals surface area contributed by atoms with Crippen molar-refractivity contribution in [2.24, 2.45) is 0 Å². The molecular weight excluding hydrogens is 236 g/mol. The van der Waals surface area contributed by atoms with E-state index in [1.165, 1.54) is 30.5 Å². The van der Waals surface area contributed by atoms with Crippen LogP contribution in [0.25, 0.3) is 0 Å². The maximum Gasteiger partial charge on any atom is 0.224 e. The number of unbranched alkanes of at least 4 members (excludes halogenated alkanes) is 3. The fraction of sp³-hybridized carbons (Fsp3) is 0.562. The summed E-state index contributed by atoms with van der Waals surface area (Å²) in [6, 6.07) is 6.16. The average molecular weight is 260 g/mol. The number of benzene rings is 1. The van der Waals surface area contributed by atoms with Crippen LogP contribution in [-0.2, 0) is 11.2 Å². The van der Waals surface area contributed by atoms with Gasteiger partial charge in [0.05, 0.1) is 0 Å². The van der Waals surface area contributed by atoms with E-state index in [1.807, 2.05) is 6.07 Å². The highest BCUT2D eigenvalue weighted by Crippen LogP contribution is 2.25. The number of rotatable bonds is 6. The number of carbonyl (C=O) groups excluding carboxylic acids is 1. The Labute approximate surface area is 115 Å². The van der Waals surface area contributed by atoms with Gasteiger partial charge in [-0.05, 0) is 43.0 Å². The van der Waals surface area contributed by atoms with Crippen molar-refractivity contribution in [1.29, 1.82) is 0 Å². The molecule has 0 bridgehead atoms. The first-order valence-electron chi connectivity index (χ1n) is 7.46. The third-order valence-corrected chi connectivity index (χ3v) is 3.58. The van der Waals surface area contributed by atoms with Gasteiger partial charge in [0, 0.05) is 24.3 Å². The summed E-state index contributed by atoms with van der Waals surface area (Å²) in [6.45, 7) is 3.23. The van der Waals surface area contributed by atoms with Crippen molar-refractivity contribution in [3.8, 4) is 0 Å². The summed E-state index contributed by atoms with van der Waals surface area (Å²) in [5, 5.41) is 6.38. The Morgan fingerprint density at radius 2 is 2.21 bits per heavy atom. The highest BCUT2D eigenvalue weighted by molar-refractivity contribution is 5.91. The van der Waals surface area contributed by atoms with Crippen molar-refractivity contribution < 1.29 is 4.79 Å². The second kappa shape index (κ2) is 7.17. The average Bonchev–Trinajstić information content (AvgIpc) is 2.43. The minimum atomic E-state index is 0.139. The van der Waals surface area contributed by atoms with Gasteiger partial charge >= 0.3 is 0 Å². The molecule has 1 aliphatic heterocycles. The molecule has 0 unspecified atom stereocenters. The predicted molar refractivity (Wildman–Crippen MR) is 80.6 cm³/mol. The van der Waals surface area contributed by atoms with Crippen LogP contribution in [0.3, 0.4) is 0 Å². The summed E-state index contributed by atoms with van der Waals surface area (Å²) in [5.41, 5.74) is 3.46. The van der Waals surface area contributed by atoms with E-state index >= 15 is 0 Å². The molecular formula is C16H24N2O. The van der Waals surface area contributed by atoms with Crippen molar-refractivity contribution in [3.05, 3.63) is 23.8 Å². The number of amides is 1. The molecule has 0 saturated carbocycles. The number of carbonyl (C=O) groups is 1. The van der Waals surface area contributed by atoms with Crippen LogP contribution >= 0.6 is 0 Å². The zero-order valence-electron chi connectivity index (χ0n) is 11.8. The molecule has 0 atom stereocenters. The Morgan fingerprint density at radius 3 is 3.05 bits per heavy atom. The smallest absolute Gasteiger partial charge is 0.224 e. The van der Waals surface area contributed by atoms with Gasteiger partial charge in [-0.1, -0.05) is 26.2 Å². The second-order valence-corrected chi connectivity index (χ2v) is 5.26.